The fourth-order valence-electron chi connectivity index (χ4n) is 3.80. The lowest BCUT2D eigenvalue weighted by Gasteiger charge is -2.49. The molecule has 0 heterocycles. The first-order valence-electron chi connectivity index (χ1n) is 7.00. The summed E-state index contributed by atoms with van der Waals surface area (Å²) in [6.45, 7) is 10.5. The van der Waals surface area contributed by atoms with Crippen molar-refractivity contribution in [3.05, 3.63) is 23.8 Å². The van der Waals surface area contributed by atoms with Crippen LogP contribution in [0.1, 0.15) is 34.6 Å². The lowest BCUT2D eigenvalue weighted by molar-refractivity contribution is 0.463. The third-order valence-corrected chi connectivity index (χ3v) is 13.4. The SMILES string of the molecule is CC[Si](CC)(CC)C1(C)C=C(C)C=CC1S(=O)(=O)O. The van der Waals surface area contributed by atoms with Crippen LogP contribution in [-0.4, -0.2) is 26.3 Å². The highest BCUT2D eigenvalue weighted by Crippen LogP contribution is 2.53. The second-order valence-electron chi connectivity index (χ2n) is 5.81. The molecule has 0 saturated carbocycles. The zero-order valence-electron chi connectivity index (χ0n) is 12.6. The number of allylic oxidation sites excluding steroid dienone is 3. The van der Waals surface area contributed by atoms with Gasteiger partial charge < -0.3 is 0 Å². The van der Waals surface area contributed by atoms with Gasteiger partial charge in [-0.15, -0.1) is 0 Å². The van der Waals surface area contributed by atoms with Gasteiger partial charge in [-0.05, 0) is 6.92 Å². The predicted octanol–water partition coefficient (Wildman–Crippen LogP) is 4.03. The predicted molar refractivity (Wildman–Crippen MR) is 83.8 cm³/mol. The standard InChI is InChI=1S/C14H26O3SSi/c1-6-19(7-2,8-3)14(5)11-12(4)9-10-13(14)18(15,16)17/h9-11,13H,6-8H2,1-5H3,(H,15,16,17). The van der Waals surface area contributed by atoms with Gasteiger partial charge in [0, 0.05) is 5.04 Å². The maximum Gasteiger partial charge on any atom is 0.271 e. The Morgan fingerprint density at radius 3 is 2.11 bits per heavy atom. The van der Waals surface area contributed by atoms with Gasteiger partial charge in [0.15, 0.2) is 0 Å². The van der Waals surface area contributed by atoms with Gasteiger partial charge in [0.2, 0.25) is 0 Å². The van der Waals surface area contributed by atoms with Gasteiger partial charge in [0.25, 0.3) is 10.1 Å². The smallest absolute Gasteiger partial charge is 0.271 e. The number of hydrogen-bond acceptors (Lipinski definition) is 2. The molecule has 19 heavy (non-hydrogen) atoms. The maximum atomic E-state index is 11.8. The molecule has 1 aliphatic rings. The lowest BCUT2D eigenvalue weighted by atomic mass is 9.97. The van der Waals surface area contributed by atoms with Crippen LogP contribution >= 0.6 is 0 Å². The molecule has 5 heteroatoms. The zero-order valence-corrected chi connectivity index (χ0v) is 14.4. The summed E-state index contributed by atoms with van der Waals surface area (Å²) in [5, 5.41) is -1.23. The van der Waals surface area contributed by atoms with Gasteiger partial charge in [-0.25, -0.2) is 0 Å². The highest BCUT2D eigenvalue weighted by atomic mass is 32.2. The van der Waals surface area contributed by atoms with E-state index in [9.17, 15) is 13.0 Å². The molecule has 3 nitrogen and oxygen atoms in total. The van der Waals surface area contributed by atoms with E-state index in [1.165, 1.54) is 0 Å². The Bertz CT molecular complexity index is 481. The number of rotatable bonds is 5. The summed E-state index contributed by atoms with van der Waals surface area (Å²) in [7, 11) is -5.89. The van der Waals surface area contributed by atoms with Crippen molar-refractivity contribution in [2.75, 3.05) is 0 Å². The van der Waals surface area contributed by atoms with Gasteiger partial charge >= 0.3 is 0 Å². The van der Waals surface area contributed by atoms with E-state index in [-0.39, 0.29) is 0 Å². The van der Waals surface area contributed by atoms with Gasteiger partial charge in [-0.3, -0.25) is 4.55 Å². The molecule has 0 saturated heterocycles. The summed E-state index contributed by atoms with van der Waals surface area (Å²) in [4.78, 5) is 0. The van der Waals surface area contributed by atoms with E-state index in [0.717, 1.165) is 23.7 Å². The van der Waals surface area contributed by atoms with Gasteiger partial charge in [-0.2, -0.15) is 8.42 Å². The molecule has 1 aliphatic carbocycles. The normalized spacial score (nSPS) is 28.3. The van der Waals surface area contributed by atoms with E-state index in [0.29, 0.717) is 0 Å². The molecule has 0 aromatic heterocycles. The molecule has 1 N–H and O–H groups in total. The summed E-state index contributed by atoms with van der Waals surface area (Å²) in [6.07, 6.45) is 5.57. The first-order valence-corrected chi connectivity index (χ1v) is 11.1. The third kappa shape index (κ3) is 2.73. The van der Waals surface area contributed by atoms with Crippen molar-refractivity contribution in [3.63, 3.8) is 0 Å². The van der Waals surface area contributed by atoms with Crippen molar-refractivity contribution >= 4 is 18.2 Å². The Hall–Kier alpha value is -0.393. The van der Waals surface area contributed by atoms with Crippen LogP contribution in [0.3, 0.4) is 0 Å². The molecule has 0 spiro atoms. The minimum atomic E-state index is -4.07. The third-order valence-electron chi connectivity index (χ3n) is 5.15. The fraction of sp³-hybridized carbons (Fsp3) is 0.714. The van der Waals surface area contributed by atoms with Gasteiger partial charge in [0.05, 0.1) is 8.07 Å². The monoisotopic (exact) mass is 302 g/mol. The van der Waals surface area contributed by atoms with E-state index in [2.05, 4.69) is 26.8 Å². The van der Waals surface area contributed by atoms with Crippen molar-refractivity contribution in [3.8, 4) is 0 Å². The molecule has 0 bridgehead atoms. The quantitative estimate of drug-likeness (QED) is 0.616. The van der Waals surface area contributed by atoms with Crippen LogP contribution in [0.25, 0.3) is 0 Å². The Balaban J connectivity index is 3.50. The van der Waals surface area contributed by atoms with Gasteiger partial charge in [0.1, 0.15) is 5.25 Å². The molecule has 1 rings (SSSR count). The van der Waals surface area contributed by atoms with Crippen LogP contribution in [0.2, 0.25) is 23.2 Å². The largest absolute Gasteiger partial charge is 0.285 e. The average Bonchev–Trinajstić information content (AvgIpc) is 2.29. The van der Waals surface area contributed by atoms with Crippen LogP contribution in [-0.2, 0) is 10.1 Å². The van der Waals surface area contributed by atoms with Crippen molar-refractivity contribution in [1.82, 2.24) is 0 Å². The van der Waals surface area contributed by atoms with Crippen molar-refractivity contribution in [2.45, 2.75) is 63.0 Å². The minimum Gasteiger partial charge on any atom is -0.285 e. The molecular formula is C14H26O3SSi. The van der Waals surface area contributed by atoms with Crippen molar-refractivity contribution < 1.29 is 13.0 Å². The van der Waals surface area contributed by atoms with Crippen molar-refractivity contribution in [1.29, 1.82) is 0 Å². The topological polar surface area (TPSA) is 54.4 Å². The Kier molecular flexibility index (Phi) is 4.86. The first-order chi connectivity index (χ1) is 8.66. The molecule has 0 fully saturated rings. The Morgan fingerprint density at radius 1 is 1.26 bits per heavy atom. The summed E-state index contributed by atoms with van der Waals surface area (Å²) >= 11 is 0. The molecule has 0 aliphatic heterocycles. The fourth-order valence-corrected chi connectivity index (χ4v) is 11.0. The average molecular weight is 303 g/mol. The minimum absolute atomic E-state index is 0.433. The maximum absolute atomic E-state index is 11.8. The number of hydrogen-bond donors (Lipinski definition) is 1. The van der Waals surface area contributed by atoms with Crippen molar-refractivity contribution in [2.24, 2.45) is 0 Å². The molecule has 2 atom stereocenters. The van der Waals surface area contributed by atoms with E-state index < -0.39 is 28.5 Å². The highest BCUT2D eigenvalue weighted by Gasteiger charge is 2.53. The second kappa shape index (κ2) is 5.54. The highest BCUT2D eigenvalue weighted by molar-refractivity contribution is 7.86. The zero-order chi connectivity index (χ0) is 14.9. The molecule has 0 amide bonds. The molecule has 0 aromatic rings. The van der Waals surface area contributed by atoms with Crippen LogP contribution < -0.4 is 0 Å². The Labute approximate surface area is 118 Å². The van der Waals surface area contributed by atoms with Crippen LogP contribution in [0.4, 0.5) is 0 Å². The van der Waals surface area contributed by atoms with Crippen LogP contribution in [0.5, 0.6) is 0 Å². The summed E-state index contributed by atoms with van der Waals surface area (Å²) in [5.41, 5.74) is 1.09. The molecule has 2 unspecified atom stereocenters. The summed E-state index contributed by atoms with van der Waals surface area (Å²) in [5.74, 6) is 0. The molecular weight excluding hydrogens is 276 g/mol. The van der Waals surface area contributed by atoms with E-state index in [1.807, 2.05) is 13.8 Å². The lowest BCUT2D eigenvalue weighted by Crippen LogP contribution is -2.52. The summed E-state index contributed by atoms with van der Waals surface area (Å²) in [6, 6.07) is 3.08. The van der Waals surface area contributed by atoms with Crippen LogP contribution in [0.15, 0.2) is 23.8 Å². The molecule has 0 aromatic carbocycles. The first kappa shape index (κ1) is 16.7. The summed E-state index contributed by atoms with van der Waals surface area (Å²) < 4.78 is 33.2. The molecule has 110 valence electrons. The molecule has 0 radical (unpaired) electrons. The Morgan fingerprint density at radius 2 is 1.74 bits per heavy atom. The van der Waals surface area contributed by atoms with Gasteiger partial charge in [-0.1, -0.05) is 69.6 Å². The van der Waals surface area contributed by atoms with E-state index >= 15 is 0 Å². The van der Waals surface area contributed by atoms with Crippen LogP contribution in [0, 0.1) is 0 Å². The van der Waals surface area contributed by atoms with E-state index in [4.69, 9.17) is 0 Å². The second-order valence-corrected chi connectivity index (χ2v) is 13.1. The van der Waals surface area contributed by atoms with E-state index in [1.54, 1.807) is 12.2 Å².